The van der Waals surface area contributed by atoms with E-state index < -0.39 is 5.97 Å². The van der Waals surface area contributed by atoms with Crippen molar-refractivity contribution in [3.63, 3.8) is 0 Å². The summed E-state index contributed by atoms with van der Waals surface area (Å²) in [6.45, 7) is 3.63. The molecule has 0 radical (unpaired) electrons. The molecule has 1 spiro atoms. The van der Waals surface area contributed by atoms with Gasteiger partial charge in [0.25, 0.3) is 0 Å². The fourth-order valence-corrected chi connectivity index (χ4v) is 1.78. The zero-order valence-corrected chi connectivity index (χ0v) is 7.47. The summed E-state index contributed by atoms with van der Waals surface area (Å²) < 4.78 is 5.06. The Kier molecular flexibility index (Phi) is 2.61. The molecule has 0 aromatic rings. The van der Waals surface area contributed by atoms with Crippen molar-refractivity contribution in [3.05, 3.63) is 0 Å². The number of hydrogen-bond acceptors (Lipinski definition) is 3. The smallest absolute Gasteiger partial charge is 0.317 e. The van der Waals surface area contributed by atoms with Crippen molar-refractivity contribution < 1.29 is 14.6 Å². The van der Waals surface area contributed by atoms with E-state index in [1.807, 2.05) is 4.90 Å². The summed E-state index contributed by atoms with van der Waals surface area (Å²) >= 11 is 0. The van der Waals surface area contributed by atoms with Crippen LogP contribution in [0.25, 0.3) is 0 Å². The molecule has 0 atom stereocenters. The molecule has 2 saturated heterocycles. The van der Waals surface area contributed by atoms with Gasteiger partial charge in [0.2, 0.25) is 0 Å². The second-order valence-electron chi connectivity index (χ2n) is 3.53. The van der Waals surface area contributed by atoms with Crippen molar-refractivity contribution in [2.45, 2.75) is 0 Å². The average Bonchev–Trinajstić information content (AvgIpc) is 1.71. The molecule has 1 N–H and O–H groups in total. The normalized spacial score (nSPS) is 25.3. The van der Waals surface area contributed by atoms with Crippen LogP contribution in [0.3, 0.4) is 0 Å². The van der Waals surface area contributed by atoms with E-state index in [0.29, 0.717) is 5.41 Å². The van der Waals surface area contributed by atoms with Crippen LogP contribution in [-0.2, 0) is 9.53 Å². The Morgan fingerprint density at radius 2 is 2.08 bits per heavy atom. The zero-order chi connectivity index (χ0) is 7.90. The molecule has 5 heteroatoms. The van der Waals surface area contributed by atoms with E-state index in [4.69, 9.17) is 9.84 Å². The van der Waals surface area contributed by atoms with Crippen LogP contribution in [0.15, 0.2) is 0 Å². The van der Waals surface area contributed by atoms with Crippen LogP contribution in [0.4, 0.5) is 0 Å². The van der Waals surface area contributed by atoms with Crippen LogP contribution in [0.1, 0.15) is 0 Å². The first-order valence-corrected chi connectivity index (χ1v) is 3.72. The van der Waals surface area contributed by atoms with Crippen LogP contribution in [-0.4, -0.2) is 48.8 Å². The molecule has 0 unspecified atom stereocenters. The minimum absolute atomic E-state index is 0. The lowest BCUT2D eigenvalue weighted by molar-refractivity contribution is -0.192. The van der Waals surface area contributed by atoms with Gasteiger partial charge in [-0.15, -0.1) is 12.4 Å². The Labute approximate surface area is 76.9 Å². The summed E-state index contributed by atoms with van der Waals surface area (Å²) in [7, 11) is 0. The molecule has 0 bridgehead atoms. The van der Waals surface area contributed by atoms with E-state index in [1.165, 1.54) is 0 Å². The maximum absolute atomic E-state index is 10.2. The molecule has 2 aliphatic heterocycles. The first-order chi connectivity index (χ1) is 5.20. The van der Waals surface area contributed by atoms with Gasteiger partial charge in [-0.25, -0.2) is 0 Å². The first-order valence-electron chi connectivity index (χ1n) is 3.72. The quantitative estimate of drug-likeness (QED) is 0.662. The van der Waals surface area contributed by atoms with Gasteiger partial charge in [-0.1, -0.05) is 0 Å². The van der Waals surface area contributed by atoms with Gasteiger partial charge in [0.15, 0.2) is 0 Å². The summed E-state index contributed by atoms with van der Waals surface area (Å²) in [5.41, 5.74) is 0.343. The topological polar surface area (TPSA) is 49.8 Å². The zero-order valence-electron chi connectivity index (χ0n) is 6.65. The van der Waals surface area contributed by atoms with Gasteiger partial charge >= 0.3 is 5.97 Å². The van der Waals surface area contributed by atoms with Crippen LogP contribution in [0, 0.1) is 5.41 Å². The van der Waals surface area contributed by atoms with Gasteiger partial charge in [0.1, 0.15) is 0 Å². The number of hydrogen-bond donors (Lipinski definition) is 1. The SMILES string of the molecule is Cl.O=C(O)CN1CC2(COC2)C1. The monoisotopic (exact) mass is 193 g/mol. The summed E-state index contributed by atoms with van der Waals surface area (Å²) in [6.07, 6.45) is 0. The number of nitrogens with zero attached hydrogens (tertiary/aromatic N) is 1. The molecule has 70 valence electrons. The molecule has 0 saturated carbocycles. The Hall–Kier alpha value is -0.320. The van der Waals surface area contributed by atoms with E-state index in [1.54, 1.807) is 0 Å². The van der Waals surface area contributed by atoms with Crippen molar-refractivity contribution in [1.82, 2.24) is 4.90 Å². The molecule has 0 aromatic carbocycles. The van der Waals surface area contributed by atoms with Gasteiger partial charge in [-0.05, 0) is 0 Å². The van der Waals surface area contributed by atoms with Crippen molar-refractivity contribution >= 4 is 18.4 Å². The minimum atomic E-state index is -0.736. The highest BCUT2D eigenvalue weighted by Gasteiger charge is 2.49. The number of likely N-dealkylation sites (tertiary alicyclic amines) is 1. The molecule has 2 aliphatic rings. The predicted molar refractivity (Wildman–Crippen MR) is 44.6 cm³/mol. The second kappa shape index (κ2) is 3.20. The van der Waals surface area contributed by atoms with E-state index in [-0.39, 0.29) is 19.0 Å². The van der Waals surface area contributed by atoms with Gasteiger partial charge in [-0.3, -0.25) is 9.69 Å². The summed E-state index contributed by atoms with van der Waals surface area (Å²) in [4.78, 5) is 12.2. The van der Waals surface area contributed by atoms with Crippen LogP contribution < -0.4 is 0 Å². The third-order valence-electron chi connectivity index (χ3n) is 2.29. The fraction of sp³-hybridized carbons (Fsp3) is 0.857. The van der Waals surface area contributed by atoms with E-state index in [2.05, 4.69) is 0 Å². The van der Waals surface area contributed by atoms with E-state index in [0.717, 1.165) is 26.3 Å². The van der Waals surface area contributed by atoms with E-state index in [9.17, 15) is 4.79 Å². The van der Waals surface area contributed by atoms with Crippen molar-refractivity contribution in [2.75, 3.05) is 32.8 Å². The van der Waals surface area contributed by atoms with Crippen LogP contribution in [0.5, 0.6) is 0 Å². The van der Waals surface area contributed by atoms with Crippen molar-refractivity contribution in [3.8, 4) is 0 Å². The predicted octanol–water partition coefficient (Wildman–Crippen LogP) is -0.175. The Balaban J connectivity index is 0.000000720. The van der Waals surface area contributed by atoms with E-state index >= 15 is 0 Å². The van der Waals surface area contributed by atoms with Gasteiger partial charge in [0, 0.05) is 18.5 Å². The summed E-state index contributed by atoms with van der Waals surface area (Å²) in [6, 6.07) is 0. The molecular formula is C7H12ClNO3. The Morgan fingerprint density at radius 1 is 1.50 bits per heavy atom. The second-order valence-corrected chi connectivity index (χ2v) is 3.53. The largest absolute Gasteiger partial charge is 0.480 e. The van der Waals surface area contributed by atoms with Crippen molar-refractivity contribution in [1.29, 1.82) is 0 Å². The van der Waals surface area contributed by atoms with Crippen molar-refractivity contribution in [2.24, 2.45) is 5.41 Å². The first kappa shape index (κ1) is 9.77. The maximum Gasteiger partial charge on any atom is 0.317 e. The molecule has 4 nitrogen and oxygen atoms in total. The van der Waals surface area contributed by atoms with Gasteiger partial charge in [-0.2, -0.15) is 0 Å². The molecule has 2 fully saturated rings. The van der Waals surface area contributed by atoms with Crippen LogP contribution in [0.2, 0.25) is 0 Å². The lowest BCUT2D eigenvalue weighted by Gasteiger charge is -2.54. The highest BCUT2D eigenvalue weighted by molar-refractivity contribution is 5.85. The number of ether oxygens (including phenoxy) is 1. The molecule has 0 aliphatic carbocycles. The number of rotatable bonds is 2. The standard InChI is InChI=1S/C7H11NO3.ClH/c9-6(10)1-8-2-7(3-8)4-11-5-7;/h1-5H2,(H,9,10);1H. The number of carboxylic acid groups (broad SMARTS) is 1. The molecule has 2 rings (SSSR count). The fourth-order valence-electron chi connectivity index (χ4n) is 1.78. The third kappa shape index (κ3) is 1.55. The molecule has 0 amide bonds. The average molecular weight is 194 g/mol. The third-order valence-corrected chi connectivity index (χ3v) is 2.29. The lowest BCUT2D eigenvalue weighted by Crippen LogP contribution is -2.66. The summed E-state index contributed by atoms with van der Waals surface area (Å²) in [5.74, 6) is -0.736. The number of aliphatic carboxylic acids is 1. The minimum Gasteiger partial charge on any atom is -0.480 e. The highest BCUT2D eigenvalue weighted by Crippen LogP contribution is 2.36. The van der Waals surface area contributed by atoms with Gasteiger partial charge < -0.3 is 9.84 Å². The Bertz CT molecular complexity index is 185. The number of carbonyl (C=O) groups is 1. The molecule has 12 heavy (non-hydrogen) atoms. The van der Waals surface area contributed by atoms with Gasteiger partial charge in [0.05, 0.1) is 19.8 Å². The summed E-state index contributed by atoms with van der Waals surface area (Å²) in [5, 5.41) is 8.44. The maximum atomic E-state index is 10.2. The number of halogens is 1. The molecule has 2 heterocycles. The molecular weight excluding hydrogens is 182 g/mol. The van der Waals surface area contributed by atoms with Crippen LogP contribution >= 0.6 is 12.4 Å². The number of carboxylic acids is 1. The Morgan fingerprint density at radius 3 is 2.42 bits per heavy atom. The lowest BCUT2D eigenvalue weighted by atomic mass is 9.78. The molecule has 0 aromatic heterocycles. The highest BCUT2D eigenvalue weighted by atomic mass is 35.5.